The Bertz CT molecular complexity index is 172. The van der Waals surface area contributed by atoms with Crippen LogP contribution in [0.5, 0.6) is 0 Å². The predicted octanol–water partition coefficient (Wildman–Crippen LogP) is 0.110. The molecular weight excluding hydrogens is 182 g/mol. The van der Waals surface area contributed by atoms with Crippen LogP contribution < -0.4 is 51.4 Å². The van der Waals surface area contributed by atoms with Crippen LogP contribution >= 0.6 is 23.2 Å². The van der Waals surface area contributed by atoms with Crippen molar-refractivity contribution >= 4 is 23.2 Å². The van der Waals surface area contributed by atoms with Gasteiger partial charge in [-0.15, -0.1) is 0 Å². The van der Waals surface area contributed by atoms with E-state index >= 15 is 0 Å². The molecule has 0 bridgehead atoms. The molecule has 44 valence electrons. The van der Waals surface area contributed by atoms with Crippen LogP contribution in [0.2, 0.25) is 10.0 Å². The average Bonchev–Trinajstić information content (AvgIpc) is 1.77. The van der Waals surface area contributed by atoms with Gasteiger partial charge in [-0.1, -0.05) is 35.3 Å². The average molecular weight is 187 g/mol. The fourth-order valence-electron chi connectivity index (χ4n) is 0.439. The Morgan fingerprint density at radius 2 is 1.33 bits per heavy atom. The summed E-state index contributed by atoms with van der Waals surface area (Å²) in [6.07, 6.45) is 0. The first kappa shape index (κ1) is 10.4. The monoisotopic (exact) mass is 186 g/mol. The van der Waals surface area contributed by atoms with E-state index in [2.05, 4.69) is 0 Å². The summed E-state index contributed by atoms with van der Waals surface area (Å²) in [5, 5.41) is 1.21. The second-order valence-electron chi connectivity index (χ2n) is 1.41. The Hall–Kier alpha value is 1.44. The van der Waals surface area contributed by atoms with Gasteiger partial charge in [-0.2, -0.15) is 0 Å². The molecule has 0 aliphatic rings. The SMILES string of the molecule is Clc1ccccc1Cl.[H-].[K+]. The topological polar surface area (TPSA) is 0 Å². The van der Waals surface area contributed by atoms with Gasteiger partial charge in [0.05, 0.1) is 10.0 Å². The molecule has 0 amide bonds. The molecule has 1 aromatic carbocycles. The Balaban J connectivity index is 0. The van der Waals surface area contributed by atoms with Crippen LogP contribution in [0.4, 0.5) is 0 Å². The molecule has 3 heteroatoms. The fraction of sp³-hybridized carbons (Fsp3) is 0. The second kappa shape index (κ2) is 5.13. The molecule has 0 heterocycles. The zero-order valence-corrected chi connectivity index (χ0v) is 9.70. The summed E-state index contributed by atoms with van der Waals surface area (Å²) in [6.45, 7) is 0. The van der Waals surface area contributed by atoms with E-state index in [4.69, 9.17) is 23.2 Å². The van der Waals surface area contributed by atoms with Crippen molar-refractivity contribution in [2.75, 3.05) is 0 Å². The molecule has 0 aliphatic carbocycles. The predicted molar refractivity (Wildman–Crippen MR) is 37.6 cm³/mol. The number of benzene rings is 1. The molecule has 1 aromatic rings. The van der Waals surface area contributed by atoms with Crippen LogP contribution in [0.25, 0.3) is 0 Å². The summed E-state index contributed by atoms with van der Waals surface area (Å²) in [7, 11) is 0. The summed E-state index contributed by atoms with van der Waals surface area (Å²) in [5.74, 6) is 0. The third-order valence-corrected chi connectivity index (χ3v) is 1.58. The Kier molecular flexibility index (Phi) is 5.95. The van der Waals surface area contributed by atoms with Gasteiger partial charge in [0, 0.05) is 0 Å². The summed E-state index contributed by atoms with van der Waals surface area (Å²) < 4.78 is 0. The van der Waals surface area contributed by atoms with E-state index in [9.17, 15) is 0 Å². The van der Waals surface area contributed by atoms with E-state index in [1.54, 1.807) is 12.1 Å². The van der Waals surface area contributed by atoms with Crippen molar-refractivity contribution < 1.29 is 52.8 Å². The van der Waals surface area contributed by atoms with E-state index < -0.39 is 0 Å². The zero-order chi connectivity index (χ0) is 5.98. The van der Waals surface area contributed by atoms with Crippen molar-refractivity contribution in [3.63, 3.8) is 0 Å². The smallest absolute Gasteiger partial charge is 1.00 e. The number of rotatable bonds is 0. The van der Waals surface area contributed by atoms with Gasteiger partial charge in [-0.3, -0.25) is 0 Å². The summed E-state index contributed by atoms with van der Waals surface area (Å²) in [6, 6.07) is 7.19. The molecule has 9 heavy (non-hydrogen) atoms. The van der Waals surface area contributed by atoms with E-state index in [0.717, 1.165) is 0 Å². The fourth-order valence-corrected chi connectivity index (χ4v) is 0.711. The molecule has 0 spiro atoms. The van der Waals surface area contributed by atoms with Gasteiger partial charge in [0.2, 0.25) is 0 Å². The molecule has 0 N–H and O–H groups in total. The number of hydrogen-bond acceptors (Lipinski definition) is 0. The van der Waals surface area contributed by atoms with Crippen LogP contribution in [-0.2, 0) is 0 Å². The van der Waals surface area contributed by atoms with Gasteiger partial charge >= 0.3 is 51.4 Å². The Labute approximate surface area is 108 Å². The van der Waals surface area contributed by atoms with Gasteiger partial charge in [0.25, 0.3) is 0 Å². The van der Waals surface area contributed by atoms with E-state index in [0.29, 0.717) is 10.0 Å². The first-order valence-corrected chi connectivity index (χ1v) is 2.96. The molecular formula is C6H5Cl2K. The third-order valence-electron chi connectivity index (χ3n) is 0.824. The largest absolute Gasteiger partial charge is 1.00 e. The number of halogens is 2. The minimum absolute atomic E-state index is 0. The van der Waals surface area contributed by atoms with Crippen molar-refractivity contribution in [3.8, 4) is 0 Å². The Morgan fingerprint density at radius 3 is 1.56 bits per heavy atom. The first-order valence-electron chi connectivity index (χ1n) is 2.21. The van der Waals surface area contributed by atoms with Crippen molar-refractivity contribution in [1.82, 2.24) is 0 Å². The van der Waals surface area contributed by atoms with Crippen molar-refractivity contribution in [2.24, 2.45) is 0 Å². The molecule has 1 rings (SSSR count). The molecule has 0 radical (unpaired) electrons. The van der Waals surface area contributed by atoms with E-state index in [1.807, 2.05) is 12.1 Å². The standard InChI is InChI=1S/C6H4Cl2.K.H/c7-5-3-1-2-4-6(5)8;;/h1-4H;;/q;+1;-1. The third kappa shape index (κ3) is 3.37. The maximum atomic E-state index is 5.58. The van der Waals surface area contributed by atoms with Crippen molar-refractivity contribution in [3.05, 3.63) is 34.3 Å². The molecule has 0 unspecified atom stereocenters. The summed E-state index contributed by atoms with van der Waals surface area (Å²) in [4.78, 5) is 0. The van der Waals surface area contributed by atoms with Gasteiger partial charge < -0.3 is 1.43 Å². The minimum Gasteiger partial charge on any atom is -1.00 e. The van der Waals surface area contributed by atoms with Gasteiger partial charge in [-0.25, -0.2) is 0 Å². The maximum Gasteiger partial charge on any atom is 1.00 e. The Morgan fingerprint density at radius 1 is 1.00 bits per heavy atom. The molecule has 0 saturated heterocycles. The summed E-state index contributed by atoms with van der Waals surface area (Å²) in [5.41, 5.74) is 0. The molecule has 0 aliphatic heterocycles. The van der Waals surface area contributed by atoms with E-state index in [1.165, 1.54) is 0 Å². The first-order chi connectivity index (χ1) is 3.80. The van der Waals surface area contributed by atoms with Crippen LogP contribution in [0.3, 0.4) is 0 Å². The molecule has 0 aromatic heterocycles. The van der Waals surface area contributed by atoms with Crippen LogP contribution in [0, 0.1) is 0 Å². The maximum absolute atomic E-state index is 5.58. The van der Waals surface area contributed by atoms with Crippen LogP contribution in [0.15, 0.2) is 24.3 Å². The molecule has 0 fully saturated rings. The second-order valence-corrected chi connectivity index (χ2v) is 2.23. The summed E-state index contributed by atoms with van der Waals surface area (Å²) >= 11 is 11.2. The van der Waals surface area contributed by atoms with Gasteiger partial charge in [0.1, 0.15) is 0 Å². The number of hydrogen-bond donors (Lipinski definition) is 0. The minimum atomic E-state index is 0. The normalized spacial score (nSPS) is 8.22. The van der Waals surface area contributed by atoms with Gasteiger partial charge in [-0.05, 0) is 12.1 Å². The van der Waals surface area contributed by atoms with Crippen molar-refractivity contribution in [1.29, 1.82) is 0 Å². The molecule has 0 saturated carbocycles. The van der Waals surface area contributed by atoms with Gasteiger partial charge in [0.15, 0.2) is 0 Å². The van der Waals surface area contributed by atoms with E-state index in [-0.39, 0.29) is 52.8 Å². The zero-order valence-electron chi connectivity index (χ0n) is 6.07. The van der Waals surface area contributed by atoms with Crippen molar-refractivity contribution in [2.45, 2.75) is 0 Å². The van der Waals surface area contributed by atoms with Crippen LogP contribution in [0.1, 0.15) is 1.43 Å². The molecule has 0 nitrogen and oxygen atoms in total. The van der Waals surface area contributed by atoms with Crippen LogP contribution in [-0.4, -0.2) is 0 Å². The molecule has 0 atom stereocenters. The quantitative estimate of drug-likeness (QED) is 0.506.